The smallest absolute Gasteiger partial charge is 0.322 e. The molecule has 0 saturated carbocycles. The third-order valence-corrected chi connectivity index (χ3v) is 8.81. The molecule has 10 nitrogen and oxygen atoms in total. The number of benzene rings is 2. The fraction of sp³-hybridized carbons (Fsp3) is 0.353. The van der Waals surface area contributed by atoms with Crippen molar-refractivity contribution in [2.75, 3.05) is 38.6 Å². The van der Waals surface area contributed by atoms with Gasteiger partial charge in [-0.3, -0.25) is 14.9 Å². The Morgan fingerprint density at radius 1 is 1.07 bits per heavy atom. The SMILES string of the molecule is C=C(/C=C(\N=CC)C(=O)N1CCc2[nH]nc(-c3ccccc3)c2C1)N1CCC(N2CCc3cc(OC)ccc3NC2=O)CC1. The lowest BCUT2D eigenvalue weighted by Crippen LogP contribution is -2.48. The maximum Gasteiger partial charge on any atom is 0.322 e. The van der Waals surface area contributed by atoms with Gasteiger partial charge in [0.1, 0.15) is 11.4 Å². The van der Waals surface area contributed by atoms with E-state index in [1.807, 2.05) is 65.3 Å². The first-order chi connectivity index (χ1) is 21.4. The van der Waals surface area contributed by atoms with Crippen molar-refractivity contribution in [3.63, 3.8) is 0 Å². The number of nitrogens with zero attached hydrogens (tertiary/aromatic N) is 5. The number of hydrogen-bond donors (Lipinski definition) is 2. The van der Waals surface area contributed by atoms with Crippen LogP contribution in [0.25, 0.3) is 11.3 Å². The minimum absolute atomic E-state index is 0.0611. The number of piperidine rings is 1. The molecule has 0 bridgehead atoms. The highest BCUT2D eigenvalue weighted by Gasteiger charge is 2.31. The van der Waals surface area contributed by atoms with Crippen LogP contribution in [0.3, 0.4) is 0 Å². The van der Waals surface area contributed by atoms with Crippen LogP contribution in [-0.2, 0) is 24.2 Å². The topological polar surface area (TPSA) is 106 Å². The molecule has 1 saturated heterocycles. The summed E-state index contributed by atoms with van der Waals surface area (Å²) in [6.07, 6.45) is 6.56. The number of H-pyrrole nitrogens is 1. The lowest BCUT2D eigenvalue weighted by Gasteiger charge is -2.39. The van der Waals surface area contributed by atoms with E-state index in [1.54, 1.807) is 19.4 Å². The first-order valence-corrected chi connectivity index (χ1v) is 15.2. The van der Waals surface area contributed by atoms with Gasteiger partial charge in [-0.1, -0.05) is 36.9 Å². The molecule has 3 aliphatic heterocycles. The zero-order valence-electron chi connectivity index (χ0n) is 25.4. The highest BCUT2D eigenvalue weighted by molar-refractivity contribution is 5.95. The molecule has 10 heteroatoms. The van der Waals surface area contributed by atoms with Gasteiger partial charge < -0.3 is 24.8 Å². The molecule has 1 aromatic heterocycles. The van der Waals surface area contributed by atoms with Crippen LogP contribution in [0.1, 0.15) is 36.6 Å². The largest absolute Gasteiger partial charge is 0.497 e. The van der Waals surface area contributed by atoms with Crippen molar-refractivity contribution in [1.82, 2.24) is 24.9 Å². The fourth-order valence-corrected chi connectivity index (χ4v) is 6.38. The van der Waals surface area contributed by atoms with Gasteiger partial charge in [0.25, 0.3) is 5.91 Å². The van der Waals surface area contributed by atoms with E-state index >= 15 is 0 Å². The summed E-state index contributed by atoms with van der Waals surface area (Å²) in [7, 11) is 1.65. The van der Waals surface area contributed by atoms with Crippen molar-refractivity contribution in [3.05, 3.63) is 89.4 Å². The molecule has 3 amide bonds. The lowest BCUT2D eigenvalue weighted by atomic mass is 10.0. The number of carbonyl (C=O) groups excluding carboxylic acids is 2. The van der Waals surface area contributed by atoms with Crippen LogP contribution < -0.4 is 10.1 Å². The van der Waals surface area contributed by atoms with E-state index in [0.717, 1.165) is 77.6 Å². The summed E-state index contributed by atoms with van der Waals surface area (Å²) >= 11 is 0. The predicted molar refractivity (Wildman–Crippen MR) is 172 cm³/mol. The second-order valence-corrected chi connectivity index (χ2v) is 11.4. The van der Waals surface area contributed by atoms with Crippen LogP contribution >= 0.6 is 0 Å². The number of likely N-dealkylation sites (tertiary alicyclic amines) is 1. The number of aromatic nitrogens is 2. The van der Waals surface area contributed by atoms with Gasteiger partial charge in [0.15, 0.2) is 0 Å². The summed E-state index contributed by atoms with van der Waals surface area (Å²) in [6.45, 7) is 9.31. The minimum Gasteiger partial charge on any atom is -0.497 e. The molecular formula is C34H39N7O3. The Morgan fingerprint density at radius 3 is 2.61 bits per heavy atom. The van der Waals surface area contributed by atoms with Gasteiger partial charge in [0.05, 0.1) is 19.3 Å². The molecule has 228 valence electrons. The number of aromatic amines is 1. The Bertz CT molecular complexity index is 1600. The zero-order chi connectivity index (χ0) is 30.6. The summed E-state index contributed by atoms with van der Waals surface area (Å²) in [5.74, 6) is 0.669. The van der Waals surface area contributed by atoms with Crippen molar-refractivity contribution in [2.45, 2.75) is 45.2 Å². The maximum absolute atomic E-state index is 13.7. The van der Waals surface area contributed by atoms with Crippen molar-refractivity contribution >= 4 is 23.8 Å². The van der Waals surface area contributed by atoms with Crippen LogP contribution in [0.5, 0.6) is 5.75 Å². The molecule has 6 rings (SSSR count). The third kappa shape index (κ3) is 5.97. The van der Waals surface area contributed by atoms with E-state index in [-0.39, 0.29) is 18.0 Å². The van der Waals surface area contributed by atoms with Gasteiger partial charge in [-0.15, -0.1) is 0 Å². The van der Waals surface area contributed by atoms with E-state index in [1.165, 1.54) is 0 Å². The first-order valence-electron chi connectivity index (χ1n) is 15.2. The Morgan fingerprint density at radius 2 is 1.86 bits per heavy atom. The Kier molecular flexibility index (Phi) is 8.49. The monoisotopic (exact) mass is 593 g/mol. The molecule has 0 atom stereocenters. The number of methoxy groups -OCH3 is 1. The molecule has 44 heavy (non-hydrogen) atoms. The number of ether oxygens (including phenoxy) is 1. The number of anilines is 1. The molecule has 4 heterocycles. The van der Waals surface area contributed by atoms with Gasteiger partial charge in [0.2, 0.25) is 0 Å². The molecule has 0 radical (unpaired) electrons. The van der Waals surface area contributed by atoms with Crippen molar-refractivity contribution in [1.29, 1.82) is 0 Å². The van der Waals surface area contributed by atoms with Crippen LogP contribution in [0.15, 0.2) is 77.6 Å². The summed E-state index contributed by atoms with van der Waals surface area (Å²) < 4.78 is 5.37. The second-order valence-electron chi connectivity index (χ2n) is 11.4. The predicted octanol–water partition coefficient (Wildman–Crippen LogP) is 5.01. The molecule has 3 aromatic rings. The van der Waals surface area contributed by atoms with Crippen LogP contribution in [-0.4, -0.2) is 82.4 Å². The standard InChI is InChI=1S/C34H39N7O3/c1-4-35-31(33(42)40-18-15-30-28(22-40)32(38-37-30)24-8-6-5-7-9-24)20-23(2)39-16-13-26(14-17-39)41-19-12-25-21-27(44-3)10-11-29(25)36-34(41)43/h4-11,20-21,26H,2,12-19,22H2,1,3H3,(H,36,43)(H,37,38)/b31-20-,35-4?. The lowest BCUT2D eigenvalue weighted by molar-refractivity contribution is -0.128. The number of fused-ring (bicyclic) bond motifs is 2. The van der Waals surface area contributed by atoms with E-state index in [4.69, 9.17) is 4.74 Å². The minimum atomic E-state index is -0.123. The summed E-state index contributed by atoms with van der Waals surface area (Å²) in [5, 5.41) is 10.8. The zero-order valence-corrected chi connectivity index (χ0v) is 25.4. The summed E-state index contributed by atoms with van der Waals surface area (Å²) in [4.78, 5) is 37.3. The van der Waals surface area contributed by atoms with Crippen LogP contribution in [0, 0.1) is 0 Å². The maximum atomic E-state index is 13.7. The van der Waals surface area contributed by atoms with Crippen LogP contribution in [0.2, 0.25) is 0 Å². The number of urea groups is 1. The van der Waals surface area contributed by atoms with Gasteiger partial charge >= 0.3 is 6.03 Å². The van der Waals surface area contributed by atoms with E-state index in [2.05, 4.69) is 32.0 Å². The number of nitrogens with one attached hydrogen (secondary N) is 2. The summed E-state index contributed by atoms with van der Waals surface area (Å²) in [6, 6.07) is 15.9. The van der Waals surface area contributed by atoms with E-state index < -0.39 is 0 Å². The van der Waals surface area contributed by atoms with Crippen molar-refractivity contribution < 1.29 is 14.3 Å². The molecule has 1 fully saturated rings. The Balaban J connectivity index is 1.09. The molecule has 2 aromatic carbocycles. The van der Waals surface area contributed by atoms with E-state index in [9.17, 15) is 9.59 Å². The fourth-order valence-electron chi connectivity index (χ4n) is 6.38. The van der Waals surface area contributed by atoms with Gasteiger partial charge in [-0.25, -0.2) is 4.79 Å². The number of allylic oxidation sites excluding steroid dienone is 1. The molecule has 0 unspecified atom stereocenters. The first kappa shape index (κ1) is 29.2. The van der Waals surface area contributed by atoms with Gasteiger partial charge in [-0.2, -0.15) is 5.10 Å². The molecule has 0 spiro atoms. The third-order valence-electron chi connectivity index (χ3n) is 8.81. The Labute approximate surface area is 258 Å². The highest BCUT2D eigenvalue weighted by Crippen LogP contribution is 2.30. The number of hydrogen-bond acceptors (Lipinski definition) is 6. The van der Waals surface area contributed by atoms with Gasteiger partial charge in [0, 0.05) is 73.1 Å². The van der Waals surface area contributed by atoms with Crippen LogP contribution in [0.4, 0.5) is 10.5 Å². The molecule has 3 aliphatic rings. The normalized spacial score (nSPS) is 17.6. The van der Waals surface area contributed by atoms with E-state index in [0.29, 0.717) is 31.8 Å². The van der Waals surface area contributed by atoms with Crippen molar-refractivity contribution in [2.24, 2.45) is 4.99 Å². The molecular weight excluding hydrogens is 554 g/mol. The average Bonchev–Trinajstić information content (AvgIpc) is 3.41. The Hall–Kier alpha value is -4.86. The summed E-state index contributed by atoms with van der Waals surface area (Å²) in [5.41, 5.74) is 7.09. The number of amides is 3. The molecule has 0 aliphatic carbocycles. The average molecular weight is 594 g/mol. The number of aliphatic imine (C=N–C) groups is 1. The second kappa shape index (κ2) is 12.8. The highest BCUT2D eigenvalue weighted by atomic mass is 16.5. The van der Waals surface area contributed by atoms with Gasteiger partial charge in [-0.05, 0) is 56.0 Å². The van der Waals surface area contributed by atoms with Crippen molar-refractivity contribution in [3.8, 4) is 17.0 Å². The number of carbonyl (C=O) groups is 2. The quantitative estimate of drug-likeness (QED) is 0.228. The molecule has 2 N–H and O–H groups in total. The number of rotatable bonds is 7.